The Labute approximate surface area is 93.7 Å². The van der Waals surface area contributed by atoms with Crippen molar-refractivity contribution in [3.63, 3.8) is 0 Å². The molecule has 0 fully saturated rings. The molecule has 6 nitrogen and oxygen atoms in total. The van der Waals surface area contributed by atoms with Crippen LogP contribution in [0.4, 0.5) is 5.95 Å². The number of anilines is 1. The van der Waals surface area contributed by atoms with Gasteiger partial charge >= 0.3 is 5.97 Å². The van der Waals surface area contributed by atoms with Gasteiger partial charge in [0.05, 0.1) is 6.10 Å². The number of ether oxygens (including phenoxy) is 1. The Balaban J connectivity index is 2.54. The monoisotopic (exact) mass is 225 g/mol. The Bertz CT molecular complexity index is 357. The molecule has 1 aromatic rings. The van der Waals surface area contributed by atoms with Gasteiger partial charge in [0, 0.05) is 19.3 Å². The lowest BCUT2D eigenvalue weighted by Crippen LogP contribution is -2.21. The first kappa shape index (κ1) is 12.4. The third-order valence-corrected chi connectivity index (χ3v) is 1.87. The summed E-state index contributed by atoms with van der Waals surface area (Å²) < 4.78 is 5.31. The standard InChI is InChI=1S/C10H15N3O3/c1-3-16-7(2)6-12-10-11-5-4-8(13-10)9(14)15/h4-5,7H,3,6H2,1-2H3,(H,14,15)(H,11,12,13). The van der Waals surface area contributed by atoms with E-state index in [9.17, 15) is 4.79 Å². The van der Waals surface area contributed by atoms with Gasteiger partial charge in [-0.3, -0.25) is 0 Å². The number of aromatic carboxylic acids is 1. The molecule has 0 amide bonds. The molecule has 16 heavy (non-hydrogen) atoms. The molecule has 0 radical (unpaired) electrons. The molecule has 0 spiro atoms. The highest BCUT2D eigenvalue weighted by Gasteiger charge is 2.07. The number of hydrogen-bond donors (Lipinski definition) is 2. The average Bonchev–Trinajstić information content (AvgIpc) is 2.27. The second kappa shape index (κ2) is 6.02. The fourth-order valence-electron chi connectivity index (χ4n) is 1.14. The Morgan fingerprint density at radius 2 is 2.44 bits per heavy atom. The molecule has 2 N–H and O–H groups in total. The summed E-state index contributed by atoms with van der Waals surface area (Å²) >= 11 is 0. The summed E-state index contributed by atoms with van der Waals surface area (Å²) in [6.07, 6.45) is 1.44. The SMILES string of the molecule is CCOC(C)CNc1nccc(C(=O)O)n1. The van der Waals surface area contributed by atoms with Crippen molar-refractivity contribution < 1.29 is 14.6 Å². The van der Waals surface area contributed by atoms with Crippen LogP contribution < -0.4 is 5.32 Å². The van der Waals surface area contributed by atoms with Crippen molar-refractivity contribution in [1.29, 1.82) is 0 Å². The Hall–Kier alpha value is -1.69. The van der Waals surface area contributed by atoms with E-state index in [0.29, 0.717) is 19.1 Å². The third-order valence-electron chi connectivity index (χ3n) is 1.87. The molecule has 0 aromatic carbocycles. The van der Waals surface area contributed by atoms with Crippen molar-refractivity contribution in [1.82, 2.24) is 9.97 Å². The highest BCUT2D eigenvalue weighted by Crippen LogP contribution is 2.01. The Morgan fingerprint density at radius 3 is 3.06 bits per heavy atom. The second-order valence-electron chi connectivity index (χ2n) is 3.22. The van der Waals surface area contributed by atoms with Crippen LogP contribution >= 0.6 is 0 Å². The average molecular weight is 225 g/mol. The lowest BCUT2D eigenvalue weighted by molar-refractivity contribution is 0.0690. The highest BCUT2D eigenvalue weighted by molar-refractivity contribution is 5.85. The summed E-state index contributed by atoms with van der Waals surface area (Å²) in [5.74, 6) is -0.769. The first-order valence-corrected chi connectivity index (χ1v) is 5.05. The van der Waals surface area contributed by atoms with Crippen LogP contribution in [0.2, 0.25) is 0 Å². The van der Waals surface area contributed by atoms with Gasteiger partial charge in [-0.2, -0.15) is 0 Å². The van der Waals surface area contributed by atoms with Gasteiger partial charge in [0.1, 0.15) is 0 Å². The quantitative estimate of drug-likeness (QED) is 0.751. The minimum absolute atomic E-state index is 0.0263. The molecule has 1 rings (SSSR count). The van der Waals surface area contributed by atoms with Gasteiger partial charge in [-0.05, 0) is 19.9 Å². The fourth-order valence-corrected chi connectivity index (χ4v) is 1.14. The van der Waals surface area contributed by atoms with E-state index in [-0.39, 0.29) is 11.8 Å². The zero-order valence-electron chi connectivity index (χ0n) is 9.30. The number of aromatic nitrogens is 2. The van der Waals surface area contributed by atoms with Crippen LogP contribution in [0, 0.1) is 0 Å². The number of hydrogen-bond acceptors (Lipinski definition) is 5. The zero-order chi connectivity index (χ0) is 12.0. The number of nitrogens with one attached hydrogen (secondary N) is 1. The molecule has 1 aromatic heterocycles. The van der Waals surface area contributed by atoms with Crippen molar-refractivity contribution in [2.75, 3.05) is 18.5 Å². The van der Waals surface area contributed by atoms with E-state index in [1.165, 1.54) is 12.3 Å². The number of carbonyl (C=O) groups is 1. The molecular formula is C10H15N3O3. The van der Waals surface area contributed by atoms with Crippen molar-refractivity contribution in [3.8, 4) is 0 Å². The minimum atomic E-state index is -1.07. The normalized spacial score (nSPS) is 12.1. The zero-order valence-corrected chi connectivity index (χ0v) is 9.30. The predicted molar refractivity (Wildman–Crippen MR) is 58.6 cm³/mol. The molecule has 1 unspecified atom stereocenters. The van der Waals surface area contributed by atoms with Crippen molar-refractivity contribution >= 4 is 11.9 Å². The van der Waals surface area contributed by atoms with Gasteiger partial charge in [0.2, 0.25) is 5.95 Å². The van der Waals surface area contributed by atoms with Crippen LogP contribution in [0.3, 0.4) is 0 Å². The van der Waals surface area contributed by atoms with E-state index in [0.717, 1.165) is 0 Å². The summed E-state index contributed by atoms with van der Waals surface area (Å²) in [6, 6.07) is 1.35. The third kappa shape index (κ3) is 3.82. The predicted octanol–water partition coefficient (Wildman–Crippen LogP) is 1.01. The maximum Gasteiger partial charge on any atom is 0.354 e. The lowest BCUT2D eigenvalue weighted by Gasteiger charge is -2.12. The van der Waals surface area contributed by atoms with Gasteiger partial charge in [0.25, 0.3) is 0 Å². The maximum atomic E-state index is 10.7. The highest BCUT2D eigenvalue weighted by atomic mass is 16.5. The van der Waals surface area contributed by atoms with E-state index >= 15 is 0 Å². The molecular weight excluding hydrogens is 210 g/mol. The summed E-state index contributed by atoms with van der Waals surface area (Å²) in [5, 5.41) is 11.6. The molecule has 1 atom stereocenters. The van der Waals surface area contributed by atoms with Crippen LogP contribution in [0.25, 0.3) is 0 Å². The molecule has 88 valence electrons. The van der Waals surface area contributed by atoms with E-state index in [2.05, 4.69) is 15.3 Å². The number of carboxylic acids is 1. The molecule has 0 aliphatic rings. The first-order chi connectivity index (χ1) is 7.63. The molecule has 0 saturated carbocycles. The summed E-state index contributed by atoms with van der Waals surface area (Å²) in [5.41, 5.74) is -0.0263. The molecule has 0 aliphatic heterocycles. The molecule has 0 bridgehead atoms. The van der Waals surface area contributed by atoms with Crippen LogP contribution in [0.15, 0.2) is 12.3 Å². The summed E-state index contributed by atoms with van der Waals surface area (Å²) in [6.45, 7) is 5.01. The largest absolute Gasteiger partial charge is 0.477 e. The second-order valence-corrected chi connectivity index (χ2v) is 3.22. The number of nitrogens with zero attached hydrogens (tertiary/aromatic N) is 2. The van der Waals surface area contributed by atoms with E-state index < -0.39 is 5.97 Å². The van der Waals surface area contributed by atoms with Crippen molar-refractivity contribution in [2.45, 2.75) is 20.0 Å². The first-order valence-electron chi connectivity index (χ1n) is 5.05. The van der Waals surface area contributed by atoms with Gasteiger partial charge in [-0.25, -0.2) is 14.8 Å². The van der Waals surface area contributed by atoms with Gasteiger partial charge in [-0.15, -0.1) is 0 Å². The molecule has 0 saturated heterocycles. The van der Waals surface area contributed by atoms with Crippen LogP contribution in [0.5, 0.6) is 0 Å². The Kier molecular flexibility index (Phi) is 4.65. The van der Waals surface area contributed by atoms with Gasteiger partial charge in [0.15, 0.2) is 5.69 Å². The van der Waals surface area contributed by atoms with Gasteiger partial charge < -0.3 is 15.2 Å². The van der Waals surface area contributed by atoms with Crippen LogP contribution in [-0.4, -0.2) is 40.3 Å². The Morgan fingerprint density at radius 1 is 1.69 bits per heavy atom. The van der Waals surface area contributed by atoms with Crippen molar-refractivity contribution in [3.05, 3.63) is 18.0 Å². The molecule has 0 aliphatic carbocycles. The molecule has 6 heteroatoms. The molecule has 1 heterocycles. The van der Waals surface area contributed by atoms with Crippen LogP contribution in [-0.2, 0) is 4.74 Å². The fraction of sp³-hybridized carbons (Fsp3) is 0.500. The van der Waals surface area contributed by atoms with E-state index in [1.807, 2.05) is 13.8 Å². The number of carboxylic acid groups (broad SMARTS) is 1. The minimum Gasteiger partial charge on any atom is -0.477 e. The van der Waals surface area contributed by atoms with E-state index in [1.54, 1.807) is 0 Å². The lowest BCUT2D eigenvalue weighted by atomic mass is 10.4. The smallest absolute Gasteiger partial charge is 0.354 e. The summed E-state index contributed by atoms with van der Waals surface area (Å²) in [4.78, 5) is 18.4. The van der Waals surface area contributed by atoms with Crippen molar-refractivity contribution in [2.24, 2.45) is 0 Å². The summed E-state index contributed by atoms with van der Waals surface area (Å²) in [7, 11) is 0. The van der Waals surface area contributed by atoms with Gasteiger partial charge in [-0.1, -0.05) is 0 Å². The van der Waals surface area contributed by atoms with E-state index in [4.69, 9.17) is 9.84 Å². The van der Waals surface area contributed by atoms with Crippen LogP contribution in [0.1, 0.15) is 24.3 Å². The number of rotatable bonds is 6. The topological polar surface area (TPSA) is 84.3 Å². The maximum absolute atomic E-state index is 10.7.